The predicted octanol–water partition coefficient (Wildman–Crippen LogP) is 1.94. The van der Waals surface area contributed by atoms with Crippen molar-refractivity contribution in [2.24, 2.45) is 5.73 Å². The van der Waals surface area contributed by atoms with Gasteiger partial charge in [-0.05, 0) is 22.8 Å². The molecule has 0 spiro atoms. The van der Waals surface area contributed by atoms with Crippen molar-refractivity contribution in [3.05, 3.63) is 48.0 Å². The van der Waals surface area contributed by atoms with Gasteiger partial charge in [-0.25, -0.2) is 0 Å². The van der Waals surface area contributed by atoms with E-state index in [9.17, 15) is 4.79 Å². The van der Waals surface area contributed by atoms with Crippen molar-refractivity contribution in [1.82, 2.24) is 4.90 Å². The Hall–Kier alpha value is -1.87. The molecule has 1 heterocycles. The van der Waals surface area contributed by atoms with E-state index in [0.717, 1.165) is 13.0 Å². The van der Waals surface area contributed by atoms with E-state index in [1.807, 2.05) is 11.0 Å². The molecule has 1 saturated heterocycles. The molecule has 1 aliphatic heterocycles. The lowest BCUT2D eigenvalue weighted by Gasteiger charge is -2.15. The van der Waals surface area contributed by atoms with Crippen molar-refractivity contribution >= 4 is 16.7 Å². The second-order valence-corrected chi connectivity index (χ2v) is 5.24. The Balaban J connectivity index is 1.70. The number of carbonyl (C=O) groups is 1. The van der Waals surface area contributed by atoms with Crippen LogP contribution in [0, 0.1) is 0 Å². The van der Waals surface area contributed by atoms with Gasteiger partial charge in [0.2, 0.25) is 5.91 Å². The minimum atomic E-state index is 0.0177. The molecule has 3 rings (SSSR count). The van der Waals surface area contributed by atoms with Crippen molar-refractivity contribution in [3.63, 3.8) is 0 Å². The zero-order chi connectivity index (χ0) is 13.2. The molecule has 0 radical (unpaired) electrons. The number of hydrogen-bond donors (Lipinski definition) is 1. The number of rotatable bonds is 3. The van der Waals surface area contributed by atoms with E-state index < -0.39 is 0 Å². The first kappa shape index (κ1) is 12.2. The third kappa shape index (κ3) is 2.61. The van der Waals surface area contributed by atoms with E-state index in [-0.39, 0.29) is 11.9 Å². The van der Waals surface area contributed by atoms with Crippen LogP contribution in [0.2, 0.25) is 0 Å². The lowest BCUT2D eigenvalue weighted by Crippen LogP contribution is -2.30. The molecule has 2 aromatic carbocycles. The molecule has 98 valence electrons. The first-order valence-corrected chi connectivity index (χ1v) is 6.73. The van der Waals surface area contributed by atoms with Crippen molar-refractivity contribution < 1.29 is 4.79 Å². The second-order valence-electron chi connectivity index (χ2n) is 5.24. The van der Waals surface area contributed by atoms with Gasteiger partial charge in [0.05, 0.1) is 0 Å². The monoisotopic (exact) mass is 254 g/mol. The smallest absolute Gasteiger partial charge is 0.224 e. The van der Waals surface area contributed by atoms with Crippen LogP contribution >= 0.6 is 0 Å². The molecule has 0 aromatic heterocycles. The maximum atomic E-state index is 11.7. The van der Waals surface area contributed by atoms with Crippen LogP contribution in [-0.4, -0.2) is 29.9 Å². The van der Waals surface area contributed by atoms with Gasteiger partial charge in [0.15, 0.2) is 0 Å². The number of benzene rings is 2. The summed E-state index contributed by atoms with van der Waals surface area (Å²) in [4.78, 5) is 13.5. The fraction of sp³-hybridized carbons (Fsp3) is 0.312. The van der Waals surface area contributed by atoms with Gasteiger partial charge in [-0.3, -0.25) is 4.79 Å². The van der Waals surface area contributed by atoms with Crippen molar-refractivity contribution in [1.29, 1.82) is 0 Å². The molecule has 1 atom stereocenters. The number of likely N-dealkylation sites (tertiary alicyclic amines) is 1. The molecule has 2 N–H and O–H groups in total. The van der Waals surface area contributed by atoms with E-state index >= 15 is 0 Å². The van der Waals surface area contributed by atoms with Gasteiger partial charge >= 0.3 is 0 Å². The molecular weight excluding hydrogens is 236 g/mol. The lowest BCUT2D eigenvalue weighted by molar-refractivity contribution is -0.127. The summed E-state index contributed by atoms with van der Waals surface area (Å²) in [6.45, 7) is 1.47. The maximum Gasteiger partial charge on any atom is 0.224 e. The lowest BCUT2D eigenvalue weighted by atomic mass is 10.1. The van der Waals surface area contributed by atoms with Crippen molar-refractivity contribution in [2.75, 3.05) is 13.1 Å². The quantitative estimate of drug-likeness (QED) is 0.910. The highest BCUT2D eigenvalue weighted by Crippen LogP contribution is 2.17. The van der Waals surface area contributed by atoms with Crippen LogP contribution in [-0.2, 0) is 11.2 Å². The minimum Gasteiger partial charge on any atom is -0.341 e. The van der Waals surface area contributed by atoms with Crippen LogP contribution in [0.1, 0.15) is 12.0 Å². The summed E-state index contributed by atoms with van der Waals surface area (Å²) >= 11 is 0. The summed E-state index contributed by atoms with van der Waals surface area (Å²) in [5.41, 5.74) is 7.07. The normalized spacial score (nSPS) is 19.3. The Bertz CT molecular complexity index is 608. The Morgan fingerprint density at radius 3 is 2.68 bits per heavy atom. The Morgan fingerprint density at radius 2 is 1.95 bits per heavy atom. The fourth-order valence-electron chi connectivity index (χ4n) is 2.68. The number of amides is 1. The van der Waals surface area contributed by atoms with Gasteiger partial charge in [-0.15, -0.1) is 0 Å². The largest absolute Gasteiger partial charge is 0.341 e. The Labute approximate surface area is 113 Å². The van der Waals surface area contributed by atoms with Crippen LogP contribution in [0.5, 0.6) is 0 Å². The van der Waals surface area contributed by atoms with Gasteiger partial charge in [-0.1, -0.05) is 42.5 Å². The summed E-state index contributed by atoms with van der Waals surface area (Å²) in [6.07, 6.45) is 1.39. The first-order chi connectivity index (χ1) is 9.22. The summed E-state index contributed by atoms with van der Waals surface area (Å²) < 4.78 is 0. The van der Waals surface area contributed by atoms with E-state index in [4.69, 9.17) is 5.73 Å². The number of nitrogens with two attached hydrogens (primary N) is 1. The molecule has 0 bridgehead atoms. The number of carbonyl (C=O) groups excluding carboxylic acids is 1. The van der Waals surface area contributed by atoms with Gasteiger partial charge in [0, 0.05) is 25.6 Å². The predicted molar refractivity (Wildman–Crippen MR) is 76.8 cm³/mol. The second kappa shape index (κ2) is 5.02. The van der Waals surface area contributed by atoms with Gasteiger partial charge in [0.1, 0.15) is 0 Å². The van der Waals surface area contributed by atoms with E-state index in [2.05, 4.69) is 36.4 Å². The van der Waals surface area contributed by atoms with Gasteiger partial charge < -0.3 is 10.6 Å². The highest BCUT2D eigenvalue weighted by Gasteiger charge is 2.26. The van der Waals surface area contributed by atoms with Crippen LogP contribution in [0.15, 0.2) is 42.5 Å². The summed E-state index contributed by atoms with van der Waals surface area (Å²) in [5.74, 6) is 0.188. The van der Waals surface area contributed by atoms with Gasteiger partial charge in [-0.2, -0.15) is 0 Å². The zero-order valence-electron chi connectivity index (χ0n) is 10.9. The number of hydrogen-bond acceptors (Lipinski definition) is 2. The molecule has 3 heteroatoms. The standard InChI is InChI=1S/C16H18N2O/c17-15-10-16(19)18(11-15)8-7-12-5-6-13-3-1-2-4-14(13)9-12/h1-6,9,15H,7-8,10-11,17H2. The zero-order valence-corrected chi connectivity index (χ0v) is 10.9. The molecule has 19 heavy (non-hydrogen) atoms. The summed E-state index contributed by atoms with van der Waals surface area (Å²) in [7, 11) is 0. The molecule has 1 amide bonds. The highest BCUT2D eigenvalue weighted by molar-refractivity contribution is 5.83. The molecule has 1 aliphatic rings. The maximum absolute atomic E-state index is 11.7. The van der Waals surface area contributed by atoms with Crippen molar-refractivity contribution in [2.45, 2.75) is 18.9 Å². The van der Waals surface area contributed by atoms with Crippen LogP contribution < -0.4 is 5.73 Å². The van der Waals surface area contributed by atoms with E-state index in [1.54, 1.807) is 0 Å². The Morgan fingerprint density at radius 1 is 1.16 bits per heavy atom. The third-order valence-corrected chi connectivity index (χ3v) is 3.73. The van der Waals surface area contributed by atoms with Crippen LogP contribution in [0.4, 0.5) is 0 Å². The SMILES string of the molecule is NC1CC(=O)N(CCc2ccc3ccccc3c2)C1. The van der Waals surface area contributed by atoms with Crippen molar-refractivity contribution in [3.8, 4) is 0 Å². The molecule has 0 aliphatic carbocycles. The van der Waals surface area contributed by atoms with Crippen LogP contribution in [0.25, 0.3) is 10.8 Å². The highest BCUT2D eigenvalue weighted by atomic mass is 16.2. The van der Waals surface area contributed by atoms with E-state index in [1.165, 1.54) is 16.3 Å². The summed E-state index contributed by atoms with van der Waals surface area (Å²) in [6, 6.07) is 14.8. The molecule has 1 unspecified atom stereocenters. The average Bonchev–Trinajstić information content (AvgIpc) is 2.74. The molecular formula is C16H18N2O. The third-order valence-electron chi connectivity index (χ3n) is 3.73. The topological polar surface area (TPSA) is 46.3 Å². The van der Waals surface area contributed by atoms with Gasteiger partial charge in [0.25, 0.3) is 0 Å². The Kier molecular flexibility index (Phi) is 3.22. The first-order valence-electron chi connectivity index (χ1n) is 6.73. The summed E-state index contributed by atoms with van der Waals surface area (Å²) in [5, 5.41) is 2.51. The van der Waals surface area contributed by atoms with Crippen LogP contribution in [0.3, 0.4) is 0 Å². The van der Waals surface area contributed by atoms with E-state index in [0.29, 0.717) is 13.0 Å². The number of nitrogens with zero attached hydrogens (tertiary/aromatic N) is 1. The number of fused-ring (bicyclic) bond motifs is 1. The fourth-order valence-corrected chi connectivity index (χ4v) is 2.68. The average molecular weight is 254 g/mol. The molecule has 0 saturated carbocycles. The molecule has 1 fully saturated rings. The molecule has 2 aromatic rings. The molecule has 3 nitrogen and oxygen atoms in total. The minimum absolute atomic E-state index is 0.0177.